The largest absolute Gasteiger partial charge is 0.465 e. The zero-order chi connectivity index (χ0) is 21.2. The Balaban J connectivity index is 1.76. The Hall–Kier alpha value is -2.27. The molecule has 1 aliphatic rings. The lowest BCUT2D eigenvalue weighted by Crippen LogP contribution is -2.50. The topological polar surface area (TPSA) is 101 Å². The zero-order valence-corrected chi connectivity index (χ0v) is 17.7. The van der Waals surface area contributed by atoms with Crippen LogP contribution in [0.25, 0.3) is 0 Å². The third kappa shape index (κ3) is 4.35. The van der Waals surface area contributed by atoms with E-state index in [1.807, 2.05) is 6.92 Å². The number of aryl methyl sites for hydroxylation is 1. The number of nitrogens with zero attached hydrogens (tertiary/aromatic N) is 2. The summed E-state index contributed by atoms with van der Waals surface area (Å²) in [6, 6.07) is 12.1. The zero-order valence-electron chi connectivity index (χ0n) is 16.1. The molecular weight excluding hydrogens is 416 g/mol. The van der Waals surface area contributed by atoms with E-state index in [-0.39, 0.29) is 41.5 Å². The summed E-state index contributed by atoms with van der Waals surface area (Å²) in [5.41, 5.74) is 1.09. The normalized spacial score (nSPS) is 16.5. The second kappa shape index (κ2) is 8.23. The molecule has 0 N–H and O–H groups in total. The Kier molecular flexibility index (Phi) is 6.08. The fourth-order valence-electron chi connectivity index (χ4n) is 3.06. The minimum atomic E-state index is -3.86. The number of carbonyl (C=O) groups excluding carboxylic acids is 1. The summed E-state index contributed by atoms with van der Waals surface area (Å²) >= 11 is 0. The van der Waals surface area contributed by atoms with Crippen LogP contribution in [-0.4, -0.2) is 64.7 Å². The van der Waals surface area contributed by atoms with Crippen LogP contribution in [0.15, 0.2) is 58.3 Å². The molecule has 0 aliphatic carbocycles. The van der Waals surface area contributed by atoms with Gasteiger partial charge in [-0.15, -0.1) is 0 Å². The van der Waals surface area contributed by atoms with Gasteiger partial charge >= 0.3 is 5.97 Å². The van der Waals surface area contributed by atoms with Gasteiger partial charge in [0, 0.05) is 26.2 Å². The maximum absolute atomic E-state index is 12.9. The molecule has 8 nitrogen and oxygen atoms in total. The average Bonchev–Trinajstić information content (AvgIpc) is 2.73. The van der Waals surface area contributed by atoms with Crippen molar-refractivity contribution in [3.8, 4) is 0 Å². The Bertz CT molecular complexity index is 1100. The molecule has 0 bridgehead atoms. The monoisotopic (exact) mass is 438 g/mol. The van der Waals surface area contributed by atoms with Gasteiger partial charge in [0.15, 0.2) is 0 Å². The van der Waals surface area contributed by atoms with Crippen LogP contribution in [0.2, 0.25) is 0 Å². The van der Waals surface area contributed by atoms with E-state index in [9.17, 15) is 21.6 Å². The number of sulfonamides is 2. The molecule has 3 rings (SSSR count). The summed E-state index contributed by atoms with van der Waals surface area (Å²) in [4.78, 5) is 11.8. The molecule has 0 radical (unpaired) electrons. The highest BCUT2D eigenvalue weighted by Gasteiger charge is 2.34. The Morgan fingerprint density at radius 2 is 1.34 bits per heavy atom. The SMILES string of the molecule is COC(=O)c1cccc(S(=O)(=O)N2CCN(S(=O)(=O)c3ccc(C)cc3)CC2)c1. The first-order valence-electron chi connectivity index (χ1n) is 8.91. The van der Waals surface area contributed by atoms with Gasteiger partial charge in [0.2, 0.25) is 20.0 Å². The number of benzene rings is 2. The fourth-order valence-corrected chi connectivity index (χ4v) is 5.95. The predicted octanol–water partition coefficient (Wildman–Crippen LogP) is 1.48. The van der Waals surface area contributed by atoms with E-state index in [2.05, 4.69) is 4.74 Å². The van der Waals surface area contributed by atoms with Crippen molar-refractivity contribution in [3.63, 3.8) is 0 Å². The molecule has 0 unspecified atom stereocenters. The van der Waals surface area contributed by atoms with E-state index < -0.39 is 26.0 Å². The minimum Gasteiger partial charge on any atom is -0.465 e. The molecule has 0 aromatic heterocycles. The number of methoxy groups -OCH3 is 1. The van der Waals surface area contributed by atoms with Crippen LogP contribution < -0.4 is 0 Å². The van der Waals surface area contributed by atoms with E-state index in [1.54, 1.807) is 24.3 Å². The van der Waals surface area contributed by atoms with Gasteiger partial charge < -0.3 is 4.74 Å². The lowest BCUT2D eigenvalue weighted by Gasteiger charge is -2.33. The molecule has 2 aromatic carbocycles. The molecule has 2 aromatic rings. The summed E-state index contributed by atoms with van der Waals surface area (Å²) in [6.45, 7) is 2.01. The highest BCUT2D eigenvalue weighted by molar-refractivity contribution is 7.89. The first-order chi connectivity index (χ1) is 13.7. The Morgan fingerprint density at radius 3 is 1.86 bits per heavy atom. The fraction of sp³-hybridized carbons (Fsp3) is 0.316. The number of carbonyl (C=O) groups is 1. The van der Waals surface area contributed by atoms with Crippen molar-refractivity contribution in [2.45, 2.75) is 16.7 Å². The molecule has 156 valence electrons. The molecule has 1 saturated heterocycles. The standard InChI is InChI=1S/C19H22N2O6S2/c1-15-6-8-17(9-7-15)28(23,24)20-10-12-21(13-11-20)29(25,26)18-5-3-4-16(14-18)19(22)27-2/h3-9,14H,10-13H2,1-2H3. The summed E-state index contributed by atoms with van der Waals surface area (Å²) < 4.78 is 58.6. The third-order valence-corrected chi connectivity index (χ3v) is 8.56. The highest BCUT2D eigenvalue weighted by Crippen LogP contribution is 2.22. The quantitative estimate of drug-likeness (QED) is 0.656. The first-order valence-corrected chi connectivity index (χ1v) is 11.8. The van der Waals surface area contributed by atoms with E-state index in [4.69, 9.17) is 0 Å². The molecule has 1 aliphatic heterocycles. The van der Waals surface area contributed by atoms with E-state index in [1.165, 1.54) is 40.0 Å². The number of ether oxygens (including phenoxy) is 1. The van der Waals surface area contributed by atoms with E-state index in [0.717, 1.165) is 5.56 Å². The maximum Gasteiger partial charge on any atom is 0.337 e. The molecule has 0 amide bonds. The van der Waals surface area contributed by atoms with Crippen LogP contribution in [0, 0.1) is 6.92 Å². The van der Waals surface area contributed by atoms with Gasteiger partial charge in [-0.2, -0.15) is 8.61 Å². The van der Waals surface area contributed by atoms with Crippen molar-refractivity contribution in [1.29, 1.82) is 0 Å². The van der Waals surface area contributed by atoms with Crippen molar-refractivity contribution >= 4 is 26.0 Å². The Morgan fingerprint density at radius 1 is 0.828 bits per heavy atom. The lowest BCUT2D eigenvalue weighted by atomic mass is 10.2. The van der Waals surface area contributed by atoms with Gasteiger partial charge in [-0.05, 0) is 37.3 Å². The number of hydrogen-bond donors (Lipinski definition) is 0. The van der Waals surface area contributed by atoms with Gasteiger partial charge in [0.05, 0.1) is 22.5 Å². The second-order valence-electron chi connectivity index (χ2n) is 6.64. The molecule has 10 heteroatoms. The van der Waals surface area contributed by atoms with Crippen LogP contribution in [-0.2, 0) is 24.8 Å². The molecule has 0 atom stereocenters. The minimum absolute atomic E-state index is 0.0237. The average molecular weight is 439 g/mol. The smallest absolute Gasteiger partial charge is 0.337 e. The van der Waals surface area contributed by atoms with Crippen molar-refractivity contribution in [2.75, 3.05) is 33.3 Å². The first kappa shape index (κ1) is 21.4. The number of rotatable bonds is 5. The summed E-state index contributed by atoms with van der Waals surface area (Å²) in [6.07, 6.45) is 0. The molecule has 29 heavy (non-hydrogen) atoms. The van der Waals surface area contributed by atoms with Crippen LogP contribution in [0.5, 0.6) is 0 Å². The van der Waals surface area contributed by atoms with Crippen molar-refractivity contribution in [2.24, 2.45) is 0 Å². The molecule has 1 heterocycles. The molecular formula is C19H22N2O6S2. The van der Waals surface area contributed by atoms with Gasteiger partial charge in [-0.25, -0.2) is 21.6 Å². The maximum atomic E-state index is 12.9. The van der Waals surface area contributed by atoms with Crippen LogP contribution >= 0.6 is 0 Å². The van der Waals surface area contributed by atoms with Crippen molar-refractivity contribution in [3.05, 3.63) is 59.7 Å². The summed E-state index contributed by atoms with van der Waals surface area (Å²) in [5.74, 6) is -0.629. The Labute approximate surface area is 170 Å². The molecule has 0 spiro atoms. The number of hydrogen-bond acceptors (Lipinski definition) is 6. The van der Waals surface area contributed by atoms with Crippen LogP contribution in [0.3, 0.4) is 0 Å². The van der Waals surface area contributed by atoms with Gasteiger partial charge in [-0.3, -0.25) is 0 Å². The predicted molar refractivity (Wildman–Crippen MR) is 106 cm³/mol. The number of esters is 1. The summed E-state index contributed by atoms with van der Waals surface area (Å²) in [5, 5.41) is 0. The second-order valence-corrected chi connectivity index (χ2v) is 10.5. The third-order valence-electron chi connectivity index (χ3n) is 4.75. The van der Waals surface area contributed by atoms with Crippen LogP contribution in [0.4, 0.5) is 0 Å². The van der Waals surface area contributed by atoms with Gasteiger partial charge in [0.1, 0.15) is 0 Å². The summed E-state index contributed by atoms with van der Waals surface area (Å²) in [7, 11) is -6.32. The van der Waals surface area contributed by atoms with Gasteiger partial charge in [0.25, 0.3) is 0 Å². The van der Waals surface area contributed by atoms with Gasteiger partial charge in [-0.1, -0.05) is 23.8 Å². The van der Waals surface area contributed by atoms with E-state index in [0.29, 0.717) is 0 Å². The molecule has 0 saturated carbocycles. The highest BCUT2D eigenvalue weighted by atomic mass is 32.2. The van der Waals surface area contributed by atoms with Crippen LogP contribution in [0.1, 0.15) is 15.9 Å². The molecule has 1 fully saturated rings. The van der Waals surface area contributed by atoms with Crippen molar-refractivity contribution in [1.82, 2.24) is 8.61 Å². The van der Waals surface area contributed by atoms with Crippen molar-refractivity contribution < 1.29 is 26.4 Å². The number of piperazine rings is 1. The lowest BCUT2D eigenvalue weighted by molar-refractivity contribution is 0.0600. The van der Waals surface area contributed by atoms with E-state index >= 15 is 0 Å².